The maximum absolute atomic E-state index is 14.3. The zero-order chi connectivity index (χ0) is 21.3. The van der Waals surface area contributed by atoms with E-state index in [0.717, 1.165) is 0 Å². The van der Waals surface area contributed by atoms with Crippen LogP contribution in [-0.4, -0.2) is 32.3 Å². The Kier molecular flexibility index (Phi) is 6.00. The molecule has 0 spiro atoms. The molecule has 0 saturated carbocycles. The third-order valence-corrected chi connectivity index (χ3v) is 5.19. The van der Waals surface area contributed by atoms with Crippen LogP contribution < -0.4 is 5.43 Å². The molecular formula is C21H20ClFN2O4. The fourth-order valence-electron chi connectivity index (χ4n) is 3.31. The largest absolute Gasteiger partial charge is 0.477 e. The number of halogens is 2. The third-order valence-electron chi connectivity index (χ3n) is 4.90. The number of fused-ring (bicyclic) bond motifs is 1. The Bertz CT molecular complexity index is 1140. The van der Waals surface area contributed by atoms with Crippen molar-refractivity contribution in [2.75, 3.05) is 6.61 Å². The van der Waals surface area contributed by atoms with Gasteiger partial charge in [0, 0.05) is 18.8 Å². The summed E-state index contributed by atoms with van der Waals surface area (Å²) in [6.45, 7) is 3.51. The van der Waals surface area contributed by atoms with Gasteiger partial charge < -0.3 is 14.8 Å². The number of carboxylic acids is 1. The Morgan fingerprint density at radius 3 is 2.69 bits per heavy atom. The Labute approximate surface area is 171 Å². The van der Waals surface area contributed by atoms with Gasteiger partial charge in [0.1, 0.15) is 16.9 Å². The molecule has 8 heteroatoms. The molecule has 3 rings (SSSR count). The average molecular weight is 419 g/mol. The first-order valence-corrected chi connectivity index (χ1v) is 9.43. The summed E-state index contributed by atoms with van der Waals surface area (Å²) in [5.74, 6) is -1.93. The first-order valence-electron chi connectivity index (χ1n) is 9.05. The van der Waals surface area contributed by atoms with Crippen LogP contribution in [0.3, 0.4) is 0 Å². The van der Waals surface area contributed by atoms with Crippen molar-refractivity contribution < 1.29 is 19.4 Å². The topological polar surface area (TPSA) is 92.4 Å². The van der Waals surface area contributed by atoms with Crippen LogP contribution >= 0.6 is 11.6 Å². The smallest absolute Gasteiger partial charge is 0.341 e. The van der Waals surface area contributed by atoms with Gasteiger partial charge in [-0.2, -0.15) is 0 Å². The van der Waals surface area contributed by atoms with Crippen LogP contribution in [0.2, 0.25) is 5.02 Å². The van der Waals surface area contributed by atoms with Gasteiger partial charge in [-0.05, 0) is 29.2 Å². The molecule has 1 unspecified atom stereocenters. The molecule has 6 nitrogen and oxygen atoms in total. The number of aromatic carboxylic acids is 1. The molecule has 2 heterocycles. The molecule has 0 amide bonds. The summed E-state index contributed by atoms with van der Waals surface area (Å²) in [5.41, 5.74) is 0.238. The van der Waals surface area contributed by atoms with Crippen LogP contribution in [0, 0.1) is 11.7 Å². The molecule has 0 aliphatic carbocycles. The lowest BCUT2D eigenvalue weighted by Gasteiger charge is -2.24. The van der Waals surface area contributed by atoms with Gasteiger partial charge in [-0.15, -0.1) is 0 Å². The molecule has 152 valence electrons. The zero-order valence-electron chi connectivity index (χ0n) is 15.9. The Morgan fingerprint density at radius 1 is 1.34 bits per heavy atom. The number of aliphatic hydroxyl groups is 1. The maximum Gasteiger partial charge on any atom is 0.341 e. The van der Waals surface area contributed by atoms with Crippen molar-refractivity contribution in [3.8, 4) is 0 Å². The Morgan fingerprint density at radius 2 is 2.07 bits per heavy atom. The van der Waals surface area contributed by atoms with Crippen molar-refractivity contribution in [3.05, 3.63) is 74.4 Å². The fourth-order valence-corrected chi connectivity index (χ4v) is 3.50. The molecule has 1 aromatic carbocycles. The molecule has 0 aliphatic rings. The SMILES string of the molecule is CC(C)C(CO)n1cc(C(=O)O)c(=O)c2ncc(Cc3cccc(Cl)c3F)cc21. The normalized spacial score (nSPS) is 12.5. The predicted octanol–water partition coefficient (Wildman–Crippen LogP) is 3.67. The van der Waals surface area contributed by atoms with E-state index in [1.807, 2.05) is 13.8 Å². The molecule has 2 N–H and O–H groups in total. The fraction of sp³-hybridized carbons (Fsp3) is 0.286. The monoisotopic (exact) mass is 418 g/mol. The highest BCUT2D eigenvalue weighted by atomic mass is 35.5. The summed E-state index contributed by atoms with van der Waals surface area (Å²) < 4.78 is 15.8. The van der Waals surface area contributed by atoms with E-state index < -0.39 is 28.8 Å². The highest BCUT2D eigenvalue weighted by molar-refractivity contribution is 6.30. The van der Waals surface area contributed by atoms with E-state index in [9.17, 15) is 24.2 Å². The summed E-state index contributed by atoms with van der Waals surface area (Å²) in [5, 5.41) is 19.3. The minimum atomic E-state index is -1.36. The number of hydrogen-bond acceptors (Lipinski definition) is 4. The molecule has 2 aromatic heterocycles. The van der Waals surface area contributed by atoms with Gasteiger partial charge in [-0.1, -0.05) is 37.6 Å². The second kappa shape index (κ2) is 8.31. The van der Waals surface area contributed by atoms with Crippen LogP contribution in [0.15, 0.2) is 41.5 Å². The van der Waals surface area contributed by atoms with Gasteiger partial charge in [0.25, 0.3) is 0 Å². The van der Waals surface area contributed by atoms with Crippen LogP contribution in [0.25, 0.3) is 11.0 Å². The van der Waals surface area contributed by atoms with Crippen LogP contribution in [0.5, 0.6) is 0 Å². The number of benzene rings is 1. The van der Waals surface area contributed by atoms with E-state index in [0.29, 0.717) is 16.6 Å². The first-order chi connectivity index (χ1) is 13.7. The molecule has 0 fully saturated rings. The molecule has 3 aromatic rings. The number of nitrogens with zero attached hydrogens (tertiary/aromatic N) is 2. The molecule has 1 atom stereocenters. The summed E-state index contributed by atoms with van der Waals surface area (Å²) >= 11 is 5.84. The van der Waals surface area contributed by atoms with Gasteiger partial charge in [-0.3, -0.25) is 9.78 Å². The van der Waals surface area contributed by atoms with E-state index >= 15 is 0 Å². The van der Waals surface area contributed by atoms with Crippen LogP contribution in [0.1, 0.15) is 41.4 Å². The third kappa shape index (κ3) is 4.02. The highest BCUT2D eigenvalue weighted by Gasteiger charge is 2.22. The van der Waals surface area contributed by atoms with Gasteiger partial charge in [0.05, 0.1) is 23.2 Å². The summed E-state index contributed by atoms with van der Waals surface area (Å²) in [6.07, 6.45) is 2.85. The lowest BCUT2D eigenvalue weighted by molar-refractivity contribution is 0.0694. The zero-order valence-corrected chi connectivity index (χ0v) is 16.7. The van der Waals surface area contributed by atoms with E-state index in [4.69, 9.17) is 11.6 Å². The minimum Gasteiger partial charge on any atom is -0.477 e. The van der Waals surface area contributed by atoms with Gasteiger partial charge in [0.15, 0.2) is 0 Å². The van der Waals surface area contributed by atoms with Crippen molar-refractivity contribution in [1.82, 2.24) is 9.55 Å². The molecule has 0 radical (unpaired) electrons. The van der Waals surface area contributed by atoms with Gasteiger partial charge in [0.2, 0.25) is 5.43 Å². The number of rotatable bonds is 6. The van der Waals surface area contributed by atoms with Crippen molar-refractivity contribution in [2.45, 2.75) is 26.3 Å². The number of hydrogen-bond donors (Lipinski definition) is 2. The van der Waals surface area contributed by atoms with E-state index in [-0.39, 0.29) is 29.5 Å². The number of pyridine rings is 2. The van der Waals surface area contributed by atoms with Crippen LogP contribution in [0.4, 0.5) is 4.39 Å². The summed E-state index contributed by atoms with van der Waals surface area (Å²) in [4.78, 5) is 28.3. The standard InChI is InChI=1S/C21H20ClFN2O4/c1-11(2)17(10-26)25-9-14(21(28)29)20(27)19-16(25)7-12(8-24-19)6-13-4-3-5-15(22)18(13)23/h3-5,7-9,11,17,26H,6,10H2,1-2H3,(H,28,29). The van der Waals surface area contributed by atoms with E-state index in [1.165, 1.54) is 18.5 Å². The Hall–Kier alpha value is -2.77. The molecule has 0 aliphatic heterocycles. The quantitative estimate of drug-likeness (QED) is 0.637. The summed E-state index contributed by atoms with van der Waals surface area (Å²) in [6, 6.07) is 5.91. The lowest BCUT2D eigenvalue weighted by Crippen LogP contribution is -2.26. The number of carboxylic acid groups (broad SMARTS) is 1. The minimum absolute atomic E-state index is 0.0133. The molecule has 0 bridgehead atoms. The van der Waals surface area contributed by atoms with E-state index in [1.54, 1.807) is 22.8 Å². The lowest BCUT2D eigenvalue weighted by atomic mass is 10.0. The molecular weight excluding hydrogens is 399 g/mol. The van der Waals surface area contributed by atoms with Crippen molar-refractivity contribution >= 4 is 28.6 Å². The first kappa shape index (κ1) is 21.0. The van der Waals surface area contributed by atoms with Crippen molar-refractivity contribution in [3.63, 3.8) is 0 Å². The summed E-state index contributed by atoms with van der Waals surface area (Å²) in [7, 11) is 0. The van der Waals surface area contributed by atoms with Gasteiger partial charge in [-0.25, -0.2) is 9.18 Å². The number of aliphatic hydroxyl groups excluding tert-OH is 1. The maximum atomic E-state index is 14.3. The molecule has 0 saturated heterocycles. The van der Waals surface area contributed by atoms with E-state index in [2.05, 4.69) is 4.98 Å². The highest BCUT2D eigenvalue weighted by Crippen LogP contribution is 2.25. The van der Waals surface area contributed by atoms with Crippen molar-refractivity contribution in [1.29, 1.82) is 0 Å². The van der Waals surface area contributed by atoms with Crippen molar-refractivity contribution in [2.24, 2.45) is 5.92 Å². The van der Waals surface area contributed by atoms with Crippen LogP contribution in [-0.2, 0) is 6.42 Å². The second-order valence-electron chi connectivity index (χ2n) is 7.18. The number of carbonyl (C=O) groups is 1. The number of aromatic nitrogens is 2. The second-order valence-corrected chi connectivity index (χ2v) is 7.59. The Balaban J connectivity index is 2.22. The van der Waals surface area contributed by atoms with Gasteiger partial charge >= 0.3 is 5.97 Å². The predicted molar refractivity (Wildman–Crippen MR) is 108 cm³/mol. The molecule has 29 heavy (non-hydrogen) atoms. The average Bonchev–Trinajstić information content (AvgIpc) is 2.67.